The van der Waals surface area contributed by atoms with E-state index in [4.69, 9.17) is 16.3 Å². The molecule has 0 spiro atoms. The largest absolute Gasteiger partial charge is 0.481 e. The molecule has 0 fully saturated rings. The van der Waals surface area contributed by atoms with Gasteiger partial charge in [0.05, 0.1) is 12.8 Å². The average molecular weight is 361 g/mol. The lowest BCUT2D eigenvalue weighted by molar-refractivity contribution is 0.103. The van der Waals surface area contributed by atoms with Crippen LogP contribution < -0.4 is 4.74 Å². The van der Waals surface area contributed by atoms with Crippen molar-refractivity contribution in [3.8, 4) is 5.88 Å². The maximum absolute atomic E-state index is 13.3. The zero-order chi connectivity index (χ0) is 18.9. The van der Waals surface area contributed by atoms with Gasteiger partial charge in [0.2, 0.25) is 11.7 Å². The number of aromatic nitrogens is 2. The van der Waals surface area contributed by atoms with Crippen molar-refractivity contribution in [2.24, 2.45) is 0 Å². The van der Waals surface area contributed by atoms with Crippen molar-refractivity contribution in [2.45, 2.75) is 48.1 Å². The van der Waals surface area contributed by atoms with Crippen molar-refractivity contribution in [2.75, 3.05) is 7.11 Å². The molecule has 0 saturated heterocycles. The SMILES string of the molecule is CCn1nc(C)c(C(=O)c2ccc(Cl)c(C(C)=C(C)C)c2C)c1OC. The number of nitrogens with zero attached hydrogens (tertiary/aromatic N) is 2. The fraction of sp³-hybridized carbons (Fsp3) is 0.400. The minimum atomic E-state index is -0.0916. The molecule has 0 radical (unpaired) electrons. The summed E-state index contributed by atoms with van der Waals surface area (Å²) in [5, 5.41) is 5.07. The predicted molar refractivity (Wildman–Crippen MR) is 103 cm³/mol. The van der Waals surface area contributed by atoms with Gasteiger partial charge in [0.25, 0.3) is 0 Å². The van der Waals surface area contributed by atoms with Crippen LogP contribution in [0.3, 0.4) is 0 Å². The molecular weight excluding hydrogens is 336 g/mol. The van der Waals surface area contributed by atoms with E-state index >= 15 is 0 Å². The molecule has 1 heterocycles. The van der Waals surface area contributed by atoms with Gasteiger partial charge < -0.3 is 4.74 Å². The Bertz CT molecular complexity index is 859. The number of carbonyl (C=O) groups excluding carboxylic acids is 1. The first kappa shape index (κ1) is 19.3. The molecule has 0 saturated carbocycles. The molecule has 134 valence electrons. The van der Waals surface area contributed by atoms with Crippen molar-refractivity contribution < 1.29 is 9.53 Å². The van der Waals surface area contributed by atoms with Crippen molar-refractivity contribution in [1.82, 2.24) is 9.78 Å². The first-order chi connectivity index (χ1) is 11.7. The number of methoxy groups -OCH3 is 1. The van der Waals surface area contributed by atoms with E-state index in [0.717, 1.165) is 16.7 Å². The summed E-state index contributed by atoms with van der Waals surface area (Å²) in [5.41, 5.74) is 5.85. The van der Waals surface area contributed by atoms with E-state index in [2.05, 4.69) is 5.10 Å². The van der Waals surface area contributed by atoms with Crippen LogP contribution in [0.2, 0.25) is 5.02 Å². The summed E-state index contributed by atoms with van der Waals surface area (Å²) < 4.78 is 7.16. The smallest absolute Gasteiger partial charge is 0.223 e. The summed E-state index contributed by atoms with van der Waals surface area (Å²) in [6.45, 7) is 12.5. The molecule has 4 nitrogen and oxygen atoms in total. The second-order valence-corrected chi connectivity index (χ2v) is 6.74. The van der Waals surface area contributed by atoms with Gasteiger partial charge in [-0.1, -0.05) is 17.2 Å². The van der Waals surface area contributed by atoms with Gasteiger partial charge in [-0.15, -0.1) is 0 Å². The summed E-state index contributed by atoms with van der Waals surface area (Å²) in [4.78, 5) is 13.3. The fourth-order valence-electron chi connectivity index (χ4n) is 3.01. The number of ether oxygens (including phenoxy) is 1. The average Bonchev–Trinajstić information content (AvgIpc) is 2.89. The molecule has 1 aromatic heterocycles. The van der Waals surface area contributed by atoms with E-state index in [0.29, 0.717) is 34.3 Å². The quantitative estimate of drug-likeness (QED) is 0.686. The summed E-state index contributed by atoms with van der Waals surface area (Å²) in [7, 11) is 1.56. The Hall–Kier alpha value is -2.07. The molecule has 25 heavy (non-hydrogen) atoms. The summed E-state index contributed by atoms with van der Waals surface area (Å²) in [5.74, 6) is 0.408. The van der Waals surface area contributed by atoms with Crippen LogP contribution in [0.25, 0.3) is 5.57 Å². The highest BCUT2D eigenvalue weighted by Crippen LogP contribution is 2.33. The Morgan fingerprint density at radius 1 is 1.20 bits per heavy atom. The first-order valence-corrected chi connectivity index (χ1v) is 8.71. The number of carbonyl (C=O) groups is 1. The predicted octanol–water partition coefficient (Wildman–Crippen LogP) is 5.23. The van der Waals surface area contributed by atoms with Gasteiger partial charge in [0, 0.05) is 17.1 Å². The summed E-state index contributed by atoms with van der Waals surface area (Å²) in [6.07, 6.45) is 0. The van der Waals surface area contributed by atoms with E-state index in [-0.39, 0.29) is 5.78 Å². The van der Waals surface area contributed by atoms with Crippen molar-refractivity contribution in [3.63, 3.8) is 0 Å². The maximum atomic E-state index is 13.3. The minimum absolute atomic E-state index is 0.0916. The van der Waals surface area contributed by atoms with E-state index in [1.165, 1.54) is 5.57 Å². The van der Waals surface area contributed by atoms with Crippen LogP contribution in [0.5, 0.6) is 5.88 Å². The van der Waals surface area contributed by atoms with Crippen molar-refractivity contribution in [1.29, 1.82) is 0 Å². The maximum Gasteiger partial charge on any atom is 0.223 e. The van der Waals surface area contributed by atoms with Gasteiger partial charge >= 0.3 is 0 Å². The second kappa shape index (κ2) is 7.44. The van der Waals surface area contributed by atoms with E-state index in [1.807, 2.05) is 41.5 Å². The summed E-state index contributed by atoms with van der Waals surface area (Å²) >= 11 is 6.42. The van der Waals surface area contributed by atoms with Crippen LogP contribution in [0.4, 0.5) is 0 Å². The van der Waals surface area contributed by atoms with Crippen molar-refractivity contribution in [3.05, 3.63) is 50.7 Å². The number of halogens is 1. The Kier molecular flexibility index (Phi) is 5.73. The monoisotopic (exact) mass is 360 g/mol. The molecular formula is C20H25ClN2O2. The normalized spacial score (nSPS) is 10.7. The number of ketones is 1. The highest BCUT2D eigenvalue weighted by molar-refractivity contribution is 6.32. The van der Waals surface area contributed by atoms with Gasteiger partial charge in [-0.25, -0.2) is 4.68 Å². The number of benzene rings is 1. The first-order valence-electron chi connectivity index (χ1n) is 8.34. The van der Waals surface area contributed by atoms with Gasteiger partial charge in [-0.2, -0.15) is 5.10 Å². The highest BCUT2D eigenvalue weighted by atomic mass is 35.5. The molecule has 5 heteroatoms. The molecule has 0 N–H and O–H groups in total. The lowest BCUT2D eigenvalue weighted by Gasteiger charge is -2.15. The third kappa shape index (κ3) is 3.36. The lowest BCUT2D eigenvalue weighted by atomic mass is 9.91. The molecule has 1 aromatic carbocycles. The van der Waals surface area contributed by atoms with Gasteiger partial charge in [-0.3, -0.25) is 4.79 Å². The Labute approximate surface area is 154 Å². The Morgan fingerprint density at radius 2 is 1.84 bits per heavy atom. The minimum Gasteiger partial charge on any atom is -0.481 e. The summed E-state index contributed by atoms with van der Waals surface area (Å²) in [6, 6.07) is 3.57. The number of rotatable bonds is 5. The van der Waals surface area contributed by atoms with E-state index < -0.39 is 0 Å². The van der Waals surface area contributed by atoms with E-state index in [9.17, 15) is 4.79 Å². The Morgan fingerprint density at radius 3 is 2.36 bits per heavy atom. The molecule has 0 aliphatic rings. The zero-order valence-corrected chi connectivity index (χ0v) is 16.7. The topological polar surface area (TPSA) is 44.1 Å². The molecule has 2 aromatic rings. The standard InChI is InChI=1S/C20H25ClN2O2/c1-8-23-20(25-7)18(14(6)22-23)19(24)15-9-10-16(21)17(13(15)5)12(4)11(2)3/h9-10H,8H2,1-7H3. The van der Waals surface area contributed by atoms with Crippen molar-refractivity contribution >= 4 is 23.0 Å². The lowest BCUT2D eigenvalue weighted by Crippen LogP contribution is -2.09. The number of aryl methyl sites for hydroxylation is 2. The Balaban J connectivity index is 2.69. The zero-order valence-electron chi connectivity index (χ0n) is 16.0. The van der Waals surface area contributed by atoms with Gasteiger partial charge in [0.15, 0.2) is 0 Å². The van der Waals surface area contributed by atoms with Crippen LogP contribution in [0.1, 0.15) is 60.4 Å². The third-order valence-corrected chi connectivity index (χ3v) is 4.90. The molecule has 0 amide bonds. The van der Waals surface area contributed by atoms with Crippen LogP contribution in [-0.2, 0) is 6.54 Å². The fourth-order valence-corrected chi connectivity index (χ4v) is 3.36. The molecule has 0 aliphatic carbocycles. The van der Waals surface area contributed by atoms with Crippen LogP contribution >= 0.6 is 11.6 Å². The van der Waals surface area contributed by atoms with Crippen LogP contribution in [0, 0.1) is 13.8 Å². The molecule has 0 aliphatic heterocycles. The molecule has 0 atom stereocenters. The molecule has 0 bridgehead atoms. The van der Waals surface area contributed by atoms with Gasteiger partial charge in [-0.05, 0) is 70.4 Å². The van der Waals surface area contributed by atoms with Gasteiger partial charge in [0.1, 0.15) is 5.56 Å². The third-order valence-electron chi connectivity index (χ3n) is 4.58. The number of hydrogen-bond acceptors (Lipinski definition) is 3. The van der Waals surface area contributed by atoms with Crippen LogP contribution in [0.15, 0.2) is 17.7 Å². The molecule has 0 unspecified atom stereocenters. The van der Waals surface area contributed by atoms with E-state index in [1.54, 1.807) is 23.9 Å². The second-order valence-electron chi connectivity index (χ2n) is 6.33. The number of hydrogen-bond donors (Lipinski definition) is 0. The van der Waals surface area contributed by atoms with Crippen LogP contribution in [-0.4, -0.2) is 22.7 Å². The highest BCUT2D eigenvalue weighted by Gasteiger charge is 2.25. The molecule has 2 rings (SSSR count). The number of allylic oxidation sites excluding steroid dienone is 2.